The average molecular weight is 341 g/mol. The van der Waals surface area contributed by atoms with E-state index in [1.807, 2.05) is 66.7 Å². The Morgan fingerprint density at radius 1 is 0.808 bits per heavy atom. The van der Waals surface area contributed by atoms with E-state index in [4.69, 9.17) is 4.84 Å². The van der Waals surface area contributed by atoms with Crippen LogP contribution in [0, 0.1) is 0 Å². The molecule has 2 nitrogen and oxygen atoms in total. The molecule has 0 saturated heterocycles. The minimum atomic E-state index is 0.323. The van der Waals surface area contributed by atoms with Crippen molar-refractivity contribution in [3.63, 3.8) is 0 Å². The van der Waals surface area contributed by atoms with Crippen LogP contribution in [0.5, 0.6) is 0 Å². The second-order valence-electron chi connectivity index (χ2n) is 6.03. The van der Waals surface area contributed by atoms with Gasteiger partial charge in [0.1, 0.15) is 12.0 Å². The summed E-state index contributed by atoms with van der Waals surface area (Å²) in [5.41, 5.74) is 4.16. The summed E-state index contributed by atoms with van der Waals surface area (Å²) in [6.45, 7) is 2.17. The average Bonchev–Trinajstić information content (AvgIpc) is 2.73. The Morgan fingerprint density at radius 2 is 1.31 bits per heavy atom. The molecule has 0 fully saturated rings. The van der Waals surface area contributed by atoms with Gasteiger partial charge >= 0.3 is 0 Å². The van der Waals surface area contributed by atoms with Gasteiger partial charge in [-0.25, -0.2) is 0 Å². The van der Waals surface area contributed by atoms with Crippen LogP contribution in [0.15, 0.2) is 108 Å². The third-order valence-corrected chi connectivity index (χ3v) is 4.28. The fourth-order valence-corrected chi connectivity index (χ4v) is 2.86. The van der Waals surface area contributed by atoms with Crippen LogP contribution < -0.4 is 0 Å². The monoisotopic (exact) mass is 341 g/mol. The summed E-state index contributed by atoms with van der Waals surface area (Å²) in [7, 11) is 0. The van der Waals surface area contributed by atoms with Crippen LogP contribution in [-0.2, 0) is 4.84 Å². The molecule has 0 heterocycles. The van der Waals surface area contributed by atoms with Gasteiger partial charge in [-0.15, -0.1) is 0 Å². The SMILES string of the molecule is CCC(/C=C/ON=C(c1ccccc1)c1ccccc1)c1ccccc1. The number of oxime groups is 1. The summed E-state index contributed by atoms with van der Waals surface area (Å²) >= 11 is 0. The van der Waals surface area contributed by atoms with Crippen molar-refractivity contribution in [2.45, 2.75) is 19.3 Å². The number of hydrogen-bond acceptors (Lipinski definition) is 2. The molecule has 0 aliphatic rings. The molecule has 0 aliphatic carbocycles. The smallest absolute Gasteiger partial charge is 0.118 e. The van der Waals surface area contributed by atoms with Gasteiger partial charge in [-0.1, -0.05) is 103 Å². The standard InChI is InChI=1S/C24H23NO/c1-2-20(21-12-6-3-7-13-21)18-19-26-25-24(22-14-8-4-9-15-22)23-16-10-5-11-17-23/h3-20H,2H2,1H3/b19-18+. The zero-order chi connectivity index (χ0) is 18.0. The molecule has 0 radical (unpaired) electrons. The van der Waals surface area contributed by atoms with E-state index in [1.54, 1.807) is 6.26 Å². The fourth-order valence-electron chi connectivity index (χ4n) is 2.86. The molecule has 1 atom stereocenters. The maximum atomic E-state index is 5.57. The number of nitrogens with zero attached hydrogens (tertiary/aromatic N) is 1. The Labute approximate surface area is 155 Å². The van der Waals surface area contributed by atoms with Crippen LogP contribution in [0.1, 0.15) is 36.0 Å². The molecule has 26 heavy (non-hydrogen) atoms. The van der Waals surface area contributed by atoms with Crippen molar-refractivity contribution in [2.24, 2.45) is 5.16 Å². The zero-order valence-corrected chi connectivity index (χ0v) is 15.0. The number of benzene rings is 3. The third kappa shape index (κ3) is 4.70. The Kier molecular flexibility index (Phi) is 6.38. The third-order valence-electron chi connectivity index (χ3n) is 4.28. The number of hydrogen-bond donors (Lipinski definition) is 0. The van der Waals surface area contributed by atoms with E-state index < -0.39 is 0 Å². The Morgan fingerprint density at radius 3 is 1.81 bits per heavy atom. The summed E-state index contributed by atoms with van der Waals surface area (Å²) in [5, 5.41) is 4.39. The second kappa shape index (κ2) is 9.38. The lowest BCUT2D eigenvalue weighted by Gasteiger charge is -2.10. The van der Waals surface area contributed by atoms with E-state index in [-0.39, 0.29) is 0 Å². The summed E-state index contributed by atoms with van der Waals surface area (Å²) in [4.78, 5) is 5.57. The number of allylic oxidation sites excluding steroid dienone is 1. The molecular weight excluding hydrogens is 318 g/mol. The van der Waals surface area contributed by atoms with Gasteiger partial charge in [0.05, 0.1) is 0 Å². The molecule has 2 heteroatoms. The molecule has 0 spiro atoms. The van der Waals surface area contributed by atoms with Gasteiger partial charge in [-0.3, -0.25) is 0 Å². The molecule has 130 valence electrons. The van der Waals surface area contributed by atoms with Gasteiger partial charge in [0.2, 0.25) is 0 Å². The van der Waals surface area contributed by atoms with Crippen LogP contribution in [0.2, 0.25) is 0 Å². The van der Waals surface area contributed by atoms with Crippen molar-refractivity contribution in [2.75, 3.05) is 0 Å². The van der Waals surface area contributed by atoms with E-state index >= 15 is 0 Å². The van der Waals surface area contributed by atoms with Crippen LogP contribution in [-0.4, -0.2) is 5.71 Å². The van der Waals surface area contributed by atoms with Crippen molar-refractivity contribution < 1.29 is 4.84 Å². The Balaban J connectivity index is 1.79. The van der Waals surface area contributed by atoms with E-state index in [0.717, 1.165) is 23.3 Å². The maximum Gasteiger partial charge on any atom is 0.118 e. The highest BCUT2D eigenvalue weighted by Crippen LogP contribution is 2.20. The van der Waals surface area contributed by atoms with Gasteiger partial charge in [-0.2, -0.15) is 0 Å². The topological polar surface area (TPSA) is 21.6 Å². The normalized spacial score (nSPS) is 11.9. The zero-order valence-electron chi connectivity index (χ0n) is 15.0. The highest BCUT2D eigenvalue weighted by molar-refractivity contribution is 6.12. The first-order valence-electron chi connectivity index (χ1n) is 8.94. The molecule has 1 unspecified atom stereocenters. The first-order chi connectivity index (χ1) is 12.9. The van der Waals surface area contributed by atoms with Crippen LogP contribution in [0.4, 0.5) is 0 Å². The predicted molar refractivity (Wildman–Crippen MR) is 108 cm³/mol. The van der Waals surface area contributed by atoms with Gasteiger partial charge in [-0.05, 0) is 18.1 Å². The molecular formula is C24H23NO. The molecule has 0 N–H and O–H groups in total. The molecule has 0 amide bonds. The Hall–Kier alpha value is -3.13. The molecule has 3 rings (SSSR count). The largest absolute Gasteiger partial charge is 0.365 e. The summed E-state index contributed by atoms with van der Waals surface area (Å²) in [6, 6.07) is 30.6. The predicted octanol–water partition coefficient (Wildman–Crippen LogP) is 6.16. The first-order valence-corrected chi connectivity index (χ1v) is 8.94. The molecule has 3 aromatic carbocycles. The van der Waals surface area contributed by atoms with Gasteiger partial charge < -0.3 is 4.84 Å². The van der Waals surface area contributed by atoms with E-state index in [1.165, 1.54) is 5.56 Å². The van der Waals surface area contributed by atoms with Crippen molar-refractivity contribution in [3.8, 4) is 0 Å². The lowest BCUT2D eigenvalue weighted by atomic mass is 9.97. The summed E-state index contributed by atoms with van der Waals surface area (Å²) in [6.07, 6.45) is 4.76. The molecule has 0 aliphatic heterocycles. The lowest BCUT2D eigenvalue weighted by molar-refractivity contribution is 0.267. The van der Waals surface area contributed by atoms with E-state index in [2.05, 4.69) is 42.4 Å². The van der Waals surface area contributed by atoms with Gasteiger partial charge in [0.25, 0.3) is 0 Å². The molecule has 0 aromatic heterocycles. The minimum absolute atomic E-state index is 0.323. The molecule has 0 bridgehead atoms. The lowest BCUT2D eigenvalue weighted by Crippen LogP contribution is -2.03. The van der Waals surface area contributed by atoms with Crippen molar-refractivity contribution in [3.05, 3.63) is 120 Å². The van der Waals surface area contributed by atoms with Crippen LogP contribution in [0.25, 0.3) is 0 Å². The van der Waals surface area contributed by atoms with E-state index in [0.29, 0.717) is 5.92 Å². The van der Waals surface area contributed by atoms with Crippen molar-refractivity contribution in [1.29, 1.82) is 0 Å². The molecule has 3 aromatic rings. The summed E-state index contributed by atoms with van der Waals surface area (Å²) < 4.78 is 0. The van der Waals surface area contributed by atoms with E-state index in [9.17, 15) is 0 Å². The van der Waals surface area contributed by atoms with Gasteiger partial charge in [0, 0.05) is 17.0 Å². The van der Waals surface area contributed by atoms with Gasteiger partial charge in [0.15, 0.2) is 0 Å². The maximum absolute atomic E-state index is 5.57. The second-order valence-corrected chi connectivity index (χ2v) is 6.03. The van der Waals surface area contributed by atoms with Crippen molar-refractivity contribution >= 4 is 5.71 Å². The fraction of sp³-hybridized carbons (Fsp3) is 0.125. The summed E-state index contributed by atoms with van der Waals surface area (Å²) in [5.74, 6) is 0.323. The Bertz CT molecular complexity index is 798. The first kappa shape index (κ1) is 17.7. The minimum Gasteiger partial charge on any atom is -0.365 e. The highest BCUT2D eigenvalue weighted by Gasteiger charge is 2.07. The van der Waals surface area contributed by atoms with Crippen molar-refractivity contribution in [1.82, 2.24) is 0 Å². The van der Waals surface area contributed by atoms with Crippen LogP contribution >= 0.6 is 0 Å². The quantitative estimate of drug-likeness (QED) is 0.286. The molecule has 0 saturated carbocycles. The number of rotatable bonds is 7. The van der Waals surface area contributed by atoms with Crippen LogP contribution in [0.3, 0.4) is 0 Å². The highest BCUT2D eigenvalue weighted by atomic mass is 16.6.